The maximum Gasteiger partial charge on any atom is 0.417 e. The van der Waals surface area contributed by atoms with Gasteiger partial charge in [0.2, 0.25) is 0 Å². The zero-order valence-corrected chi connectivity index (χ0v) is 10.7. The van der Waals surface area contributed by atoms with E-state index in [2.05, 4.69) is 0 Å². The van der Waals surface area contributed by atoms with Crippen LogP contribution >= 0.6 is 0 Å². The molecule has 0 saturated heterocycles. The Labute approximate surface area is 114 Å². The van der Waals surface area contributed by atoms with Crippen LogP contribution in [-0.4, -0.2) is 24.2 Å². The summed E-state index contributed by atoms with van der Waals surface area (Å²) in [6, 6.07) is 4.56. The molecule has 1 N–H and O–H groups in total. The number of alkyl halides is 3. The van der Waals surface area contributed by atoms with Gasteiger partial charge in [0.25, 0.3) is 0 Å². The standard InChI is InChI=1S/C13H13F3N2O2/c1-2-5-18(8-12(19)20)10-3-4-11(13(14,15)16)9(6-10)7-17/h3-4,6H,2,5,8H2,1H3,(H,19,20). The van der Waals surface area contributed by atoms with Crippen LogP contribution in [0, 0.1) is 11.3 Å². The van der Waals surface area contributed by atoms with E-state index < -0.39 is 23.3 Å². The van der Waals surface area contributed by atoms with Crippen LogP contribution in [0.25, 0.3) is 0 Å². The second kappa shape index (κ2) is 6.28. The zero-order chi connectivity index (χ0) is 15.3. The van der Waals surface area contributed by atoms with Gasteiger partial charge in [0.05, 0.1) is 17.2 Å². The van der Waals surface area contributed by atoms with Crippen LogP contribution in [0.1, 0.15) is 24.5 Å². The lowest BCUT2D eigenvalue weighted by Crippen LogP contribution is -2.30. The largest absolute Gasteiger partial charge is 0.480 e. The molecular weight excluding hydrogens is 273 g/mol. The number of carbonyl (C=O) groups is 1. The second-order valence-electron chi connectivity index (χ2n) is 4.15. The van der Waals surface area contributed by atoms with Crippen LogP contribution in [0.15, 0.2) is 18.2 Å². The molecule has 20 heavy (non-hydrogen) atoms. The lowest BCUT2D eigenvalue weighted by Gasteiger charge is -2.23. The normalized spacial score (nSPS) is 10.9. The van der Waals surface area contributed by atoms with Crippen molar-refractivity contribution in [3.8, 4) is 6.07 Å². The lowest BCUT2D eigenvalue weighted by molar-refractivity contribution is -0.138. The Balaban J connectivity index is 3.19. The first-order valence-electron chi connectivity index (χ1n) is 5.87. The van der Waals surface area contributed by atoms with Crippen molar-refractivity contribution in [2.24, 2.45) is 0 Å². The van der Waals surface area contributed by atoms with E-state index in [0.29, 0.717) is 18.7 Å². The van der Waals surface area contributed by atoms with E-state index in [1.165, 1.54) is 17.0 Å². The van der Waals surface area contributed by atoms with Crippen LogP contribution in [0.2, 0.25) is 0 Å². The Morgan fingerprint density at radius 3 is 2.55 bits per heavy atom. The fraction of sp³-hybridized carbons (Fsp3) is 0.385. The predicted molar refractivity (Wildman–Crippen MR) is 66.3 cm³/mol. The molecule has 0 saturated carbocycles. The third-order valence-electron chi connectivity index (χ3n) is 2.61. The van der Waals surface area contributed by atoms with Crippen LogP contribution in [-0.2, 0) is 11.0 Å². The summed E-state index contributed by atoms with van der Waals surface area (Å²) in [5.41, 5.74) is -1.24. The topological polar surface area (TPSA) is 64.3 Å². The van der Waals surface area contributed by atoms with Crippen LogP contribution < -0.4 is 4.90 Å². The van der Waals surface area contributed by atoms with Gasteiger partial charge in [-0.15, -0.1) is 0 Å². The molecule has 0 aliphatic heterocycles. The monoisotopic (exact) mass is 286 g/mol. The average molecular weight is 286 g/mol. The molecule has 0 aliphatic carbocycles. The molecule has 0 spiro atoms. The van der Waals surface area contributed by atoms with Gasteiger partial charge >= 0.3 is 12.1 Å². The van der Waals surface area contributed by atoms with Crippen molar-refractivity contribution in [3.05, 3.63) is 29.3 Å². The Kier molecular flexibility index (Phi) is 4.97. The molecule has 0 aliphatic rings. The minimum Gasteiger partial charge on any atom is -0.480 e. The van der Waals surface area contributed by atoms with Gasteiger partial charge in [-0.1, -0.05) is 6.92 Å². The molecule has 7 heteroatoms. The molecule has 0 unspecified atom stereocenters. The minimum absolute atomic E-state index is 0.291. The number of hydrogen-bond donors (Lipinski definition) is 1. The molecule has 1 rings (SSSR count). The van der Waals surface area contributed by atoms with Crippen molar-refractivity contribution in [2.75, 3.05) is 18.0 Å². The molecule has 108 valence electrons. The smallest absolute Gasteiger partial charge is 0.417 e. The number of rotatable bonds is 5. The first-order chi connectivity index (χ1) is 9.29. The Morgan fingerprint density at radius 1 is 1.45 bits per heavy atom. The summed E-state index contributed by atoms with van der Waals surface area (Å²) in [6.07, 6.45) is -3.97. The van der Waals surface area contributed by atoms with Gasteiger partial charge in [-0.25, -0.2) is 0 Å². The average Bonchev–Trinajstić information content (AvgIpc) is 2.36. The summed E-state index contributed by atoms with van der Waals surface area (Å²) in [7, 11) is 0. The quantitative estimate of drug-likeness (QED) is 0.904. The SMILES string of the molecule is CCCN(CC(=O)O)c1ccc(C(F)(F)F)c(C#N)c1. The molecule has 0 bridgehead atoms. The van der Waals surface area contributed by atoms with E-state index in [-0.39, 0.29) is 6.54 Å². The van der Waals surface area contributed by atoms with Crippen molar-refractivity contribution < 1.29 is 23.1 Å². The van der Waals surface area contributed by atoms with Crippen LogP contribution in [0.3, 0.4) is 0 Å². The summed E-state index contributed by atoms with van der Waals surface area (Å²) in [5.74, 6) is -1.09. The summed E-state index contributed by atoms with van der Waals surface area (Å²) < 4.78 is 38.0. The number of benzene rings is 1. The minimum atomic E-state index is -4.61. The first kappa shape index (κ1) is 15.8. The Hall–Kier alpha value is -2.23. The molecular formula is C13H13F3N2O2. The van der Waals surface area contributed by atoms with E-state index in [1.807, 2.05) is 6.92 Å². The van der Waals surface area contributed by atoms with Gasteiger partial charge < -0.3 is 10.0 Å². The third kappa shape index (κ3) is 3.88. The summed E-state index contributed by atoms with van der Waals surface area (Å²) >= 11 is 0. The van der Waals surface area contributed by atoms with Gasteiger partial charge in [0.1, 0.15) is 6.54 Å². The summed E-state index contributed by atoms with van der Waals surface area (Å²) in [4.78, 5) is 12.2. The Bertz CT molecular complexity index is 535. The highest BCUT2D eigenvalue weighted by Crippen LogP contribution is 2.33. The second-order valence-corrected chi connectivity index (χ2v) is 4.15. The molecule has 4 nitrogen and oxygen atoms in total. The van der Waals surface area contributed by atoms with Crippen LogP contribution in [0.5, 0.6) is 0 Å². The number of nitriles is 1. The summed E-state index contributed by atoms with van der Waals surface area (Å²) in [6.45, 7) is 1.87. The molecule has 0 fully saturated rings. The van der Waals surface area contributed by atoms with Crippen LogP contribution in [0.4, 0.5) is 18.9 Å². The molecule has 0 radical (unpaired) electrons. The molecule has 0 heterocycles. The van der Waals surface area contributed by atoms with Gasteiger partial charge in [-0.05, 0) is 24.6 Å². The van der Waals surface area contributed by atoms with Crippen molar-refractivity contribution >= 4 is 11.7 Å². The first-order valence-corrected chi connectivity index (χ1v) is 5.87. The van der Waals surface area contributed by atoms with E-state index in [0.717, 1.165) is 12.1 Å². The highest BCUT2D eigenvalue weighted by molar-refractivity contribution is 5.74. The van der Waals surface area contributed by atoms with Crippen molar-refractivity contribution in [1.29, 1.82) is 5.26 Å². The summed E-state index contributed by atoms with van der Waals surface area (Å²) in [5, 5.41) is 17.6. The number of halogens is 3. The zero-order valence-electron chi connectivity index (χ0n) is 10.7. The number of carboxylic acids is 1. The van der Waals surface area contributed by atoms with E-state index in [9.17, 15) is 18.0 Å². The molecule has 0 amide bonds. The highest BCUT2D eigenvalue weighted by atomic mass is 19.4. The maximum absolute atomic E-state index is 12.7. The predicted octanol–water partition coefficient (Wildman–Crippen LogP) is 2.88. The lowest BCUT2D eigenvalue weighted by atomic mass is 10.1. The maximum atomic E-state index is 12.7. The third-order valence-corrected chi connectivity index (χ3v) is 2.61. The van der Waals surface area contributed by atoms with Gasteiger partial charge in [0, 0.05) is 12.2 Å². The Morgan fingerprint density at radius 2 is 2.10 bits per heavy atom. The van der Waals surface area contributed by atoms with E-state index in [4.69, 9.17) is 10.4 Å². The number of anilines is 1. The van der Waals surface area contributed by atoms with Gasteiger partial charge in [0.15, 0.2) is 0 Å². The van der Waals surface area contributed by atoms with Crippen molar-refractivity contribution in [2.45, 2.75) is 19.5 Å². The molecule has 0 aromatic heterocycles. The van der Waals surface area contributed by atoms with Gasteiger partial charge in [-0.2, -0.15) is 18.4 Å². The number of carboxylic acid groups (broad SMARTS) is 1. The number of nitrogens with zero attached hydrogens (tertiary/aromatic N) is 2. The molecule has 0 atom stereocenters. The van der Waals surface area contributed by atoms with Crippen molar-refractivity contribution in [1.82, 2.24) is 0 Å². The fourth-order valence-corrected chi connectivity index (χ4v) is 1.80. The van der Waals surface area contributed by atoms with E-state index in [1.54, 1.807) is 0 Å². The molecule has 1 aromatic rings. The molecule has 1 aromatic carbocycles. The van der Waals surface area contributed by atoms with Crippen molar-refractivity contribution in [3.63, 3.8) is 0 Å². The van der Waals surface area contributed by atoms with Gasteiger partial charge in [-0.3, -0.25) is 4.79 Å². The fourth-order valence-electron chi connectivity index (χ4n) is 1.80. The highest BCUT2D eigenvalue weighted by Gasteiger charge is 2.33. The number of aliphatic carboxylic acids is 1. The number of hydrogen-bond acceptors (Lipinski definition) is 3. The van der Waals surface area contributed by atoms with E-state index >= 15 is 0 Å².